The van der Waals surface area contributed by atoms with Gasteiger partial charge in [-0.05, 0) is 29.7 Å². The van der Waals surface area contributed by atoms with E-state index in [0.717, 1.165) is 16.6 Å². The number of phenols is 1. The molecule has 0 amide bonds. The molecule has 96 valence electrons. The fourth-order valence-electron chi connectivity index (χ4n) is 2.07. The van der Waals surface area contributed by atoms with Crippen LogP contribution in [0.25, 0.3) is 22.6 Å². The molecule has 0 spiro atoms. The molecule has 4 nitrogen and oxygen atoms in total. The SMILES string of the molecule is CC(C)c1ccc(-c2nc3ccncc3o2)cc1O. The number of fused-ring (bicyclic) bond motifs is 1. The summed E-state index contributed by atoms with van der Waals surface area (Å²) >= 11 is 0. The first-order valence-corrected chi connectivity index (χ1v) is 6.19. The summed E-state index contributed by atoms with van der Waals surface area (Å²) in [5.74, 6) is 1.04. The number of phenolic OH excluding ortho intramolecular Hbond substituents is 1. The third-order valence-electron chi connectivity index (χ3n) is 3.09. The molecule has 1 N–H and O–H groups in total. The molecular formula is C15H14N2O2. The Kier molecular flexibility index (Phi) is 2.71. The fraction of sp³-hybridized carbons (Fsp3) is 0.200. The van der Waals surface area contributed by atoms with Gasteiger partial charge >= 0.3 is 0 Å². The molecule has 0 bridgehead atoms. The van der Waals surface area contributed by atoms with Crippen LogP contribution in [0.2, 0.25) is 0 Å². The fourth-order valence-corrected chi connectivity index (χ4v) is 2.07. The minimum atomic E-state index is 0.271. The highest BCUT2D eigenvalue weighted by molar-refractivity contribution is 5.75. The maximum absolute atomic E-state index is 10.0. The van der Waals surface area contributed by atoms with E-state index in [2.05, 4.69) is 9.97 Å². The number of pyridine rings is 1. The highest BCUT2D eigenvalue weighted by Crippen LogP contribution is 2.31. The normalized spacial score (nSPS) is 11.3. The van der Waals surface area contributed by atoms with Crippen LogP contribution in [0.1, 0.15) is 25.3 Å². The van der Waals surface area contributed by atoms with Crippen molar-refractivity contribution in [3.8, 4) is 17.2 Å². The van der Waals surface area contributed by atoms with E-state index < -0.39 is 0 Å². The number of hydrogen-bond donors (Lipinski definition) is 1. The lowest BCUT2D eigenvalue weighted by atomic mass is 10.0. The standard InChI is InChI=1S/C15H14N2O2/c1-9(2)11-4-3-10(7-13(11)18)15-17-12-5-6-16-8-14(12)19-15/h3-9,18H,1-2H3. The molecule has 2 heterocycles. The van der Waals surface area contributed by atoms with Crippen molar-refractivity contribution in [2.45, 2.75) is 19.8 Å². The Morgan fingerprint density at radius 1 is 1.21 bits per heavy atom. The summed E-state index contributed by atoms with van der Waals surface area (Å²) in [5.41, 5.74) is 3.09. The number of rotatable bonds is 2. The topological polar surface area (TPSA) is 59.2 Å². The van der Waals surface area contributed by atoms with Crippen molar-refractivity contribution < 1.29 is 9.52 Å². The molecule has 3 rings (SSSR count). The highest BCUT2D eigenvalue weighted by atomic mass is 16.3. The van der Waals surface area contributed by atoms with Gasteiger partial charge in [0.1, 0.15) is 11.3 Å². The molecule has 1 aromatic carbocycles. The highest BCUT2D eigenvalue weighted by Gasteiger charge is 2.12. The third-order valence-corrected chi connectivity index (χ3v) is 3.09. The van der Waals surface area contributed by atoms with Crippen LogP contribution in [0.3, 0.4) is 0 Å². The number of hydrogen-bond acceptors (Lipinski definition) is 4. The minimum absolute atomic E-state index is 0.271. The molecule has 0 saturated heterocycles. The molecular weight excluding hydrogens is 240 g/mol. The maximum atomic E-state index is 10.0. The number of benzene rings is 1. The summed E-state index contributed by atoms with van der Waals surface area (Å²) in [6.45, 7) is 4.08. The van der Waals surface area contributed by atoms with Crippen molar-refractivity contribution in [1.29, 1.82) is 0 Å². The number of aromatic hydroxyl groups is 1. The van der Waals surface area contributed by atoms with Crippen LogP contribution >= 0.6 is 0 Å². The van der Waals surface area contributed by atoms with Crippen LogP contribution in [0.15, 0.2) is 41.1 Å². The monoisotopic (exact) mass is 254 g/mol. The zero-order valence-corrected chi connectivity index (χ0v) is 10.8. The van der Waals surface area contributed by atoms with Gasteiger partial charge < -0.3 is 9.52 Å². The van der Waals surface area contributed by atoms with Gasteiger partial charge in [-0.25, -0.2) is 4.98 Å². The van der Waals surface area contributed by atoms with E-state index in [1.807, 2.05) is 26.0 Å². The van der Waals surface area contributed by atoms with Gasteiger partial charge in [0.15, 0.2) is 5.58 Å². The molecule has 19 heavy (non-hydrogen) atoms. The first-order chi connectivity index (χ1) is 9.15. The summed E-state index contributed by atoms with van der Waals surface area (Å²) in [6, 6.07) is 7.30. The molecule has 3 aromatic rings. The molecule has 0 aliphatic heterocycles. The molecule has 0 unspecified atom stereocenters. The molecule has 0 radical (unpaired) electrons. The van der Waals surface area contributed by atoms with Crippen LogP contribution in [0.5, 0.6) is 5.75 Å². The number of nitrogens with zero attached hydrogens (tertiary/aromatic N) is 2. The summed E-state index contributed by atoms with van der Waals surface area (Å²) in [7, 11) is 0. The first-order valence-electron chi connectivity index (χ1n) is 6.19. The van der Waals surface area contributed by atoms with Crippen molar-refractivity contribution in [2.75, 3.05) is 0 Å². The molecule has 0 atom stereocenters. The summed E-state index contributed by atoms with van der Waals surface area (Å²) in [5, 5.41) is 10.0. The molecule has 0 fully saturated rings. The van der Waals surface area contributed by atoms with Gasteiger partial charge in [-0.1, -0.05) is 19.9 Å². The second-order valence-corrected chi connectivity index (χ2v) is 4.79. The van der Waals surface area contributed by atoms with E-state index in [0.29, 0.717) is 11.5 Å². The molecule has 2 aromatic heterocycles. The average molecular weight is 254 g/mol. The largest absolute Gasteiger partial charge is 0.508 e. The van der Waals surface area contributed by atoms with Crippen molar-refractivity contribution in [3.63, 3.8) is 0 Å². The zero-order chi connectivity index (χ0) is 13.4. The van der Waals surface area contributed by atoms with E-state index in [1.165, 1.54) is 0 Å². The van der Waals surface area contributed by atoms with E-state index in [1.54, 1.807) is 24.5 Å². The summed E-state index contributed by atoms with van der Waals surface area (Å²) < 4.78 is 5.62. The van der Waals surface area contributed by atoms with Gasteiger partial charge in [0, 0.05) is 11.8 Å². The van der Waals surface area contributed by atoms with E-state index in [9.17, 15) is 5.11 Å². The van der Waals surface area contributed by atoms with Gasteiger partial charge in [-0.2, -0.15) is 0 Å². The predicted octanol–water partition coefficient (Wildman–Crippen LogP) is 3.72. The lowest BCUT2D eigenvalue weighted by Crippen LogP contribution is -1.88. The Balaban J connectivity index is 2.09. The Morgan fingerprint density at radius 3 is 2.74 bits per heavy atom. The van der Waals surface area contributed by atoms with Crippen molar-refractivity contribution >= 4 is 11.1 Å². The van der Waals surface area contributed by atoms with Crippen LogP contribution < -0.4 is 0 Å². The Labute approximate surface area is 110 Å². The zero-order valence-electron chi connectivity index (χ0n) is 10.8. The Morgan fingerprint density at radius 2 is 2.05 bits per heavy atom. The Hall–Kier alpha value is -2.36. The smallest absolute Gasteiger partial charge is 0.227 e. The number of oxazole rings is 1. The van der Waals surface area contributed by atoms with Crippen LogP contribution in [-0.2, 0) is 0 Å². The average Bonchev–Trinajstić information content (AvgIpc) is 2.81. The van der Waals surface area contributed by atoms with Gasteiger partial charge in [0.25, 0.3) is 0 Å². The lowest BCUT2D eigenvalue weighted by molar-refractivity contribution is 0.464. The summed E-state index contributed by atoms with van der Waals surface area (Å²) in [6.07, 6.45) is 3.31. The third kappa shape index (κ3) is 2.05. The van der Waals surface area contributed by atoms with Crippen LogP contribution in [-0.4, -0.2) is 15.1 Å². The second-order valence-electron chi connectivity index (χ2n) is 4.79. The van der Waals surface area contributed by atoms with E-state index in [4.69, 9.17) is 4.42 Å². The van der Waals surface area contributed by atoms with Crippen molar-refractivity contribution in [3.05, 3.63) is 42.2 Å². The first kappa shape index (κ1) is 11.7. The Bertz CT molecular complexity index is 699. The molecule has 0 aliphatic carbocycles. The molecule has 0 saturated carbocycles. The molecule has 4 heteroatoms. The van der Waals surface area contributed by atoms with Gasteiger partial charge in [-0.15, -0.1) is 0 Å². The van der Waals surface area contributed by atoms with Gasteiger partial charge in [-0.3, -0.25) is 4.98 Å². The molecule has 0 aliphatic rings. The minimum Gasteiger partial charge on any atom is -0.508 e. The van der Waals surface area contributed by atoms with Crippen LogP contribution in [0, 0.1) is 0 Å². The number of aromatic nitrogens is 2. The second kappa shape index (κ2) is 4.39. The van der Waals surface area contributed by atoms with Crippen LogP contribution in [0.4, 0.5) is 0 Å². The van der Waals surface area contributed by atoms with E-state index in [-0.39, 0.29) is 11.7 Å². The summed E-state index contributed by atoms with van der Waals surface area (Å²) in [4.78, 5) is 8.37. The van der Waals surface area contributed by atoms with Crippen molar-refractivity contribution in [2.24, 2.45) is 0 Å². The predicted molar refractivity (Wildman–Crippen MR) is 73.0 cm³/mol. The quantitative estimate of drug-likeness (QED) is 0.757. The van der Waals surface area contributed by atoms with Crippen molar-refractivity contribution in [1.82, 2.24) is 9.97 Å². The van der Waals surface area contributed by atoms with Gasteiger partial charge in [0.05, 0.1) is 6.20 Å². The lowest BCUT2D eigenvalue weighted by Gasteiger charge is -2.08. The van der Waals surface area contributed by atoms with E-state index >= 15 is 0 Å². The maximum Gasteiger partial charge on any atom is 0.227 e. The van der Waals surface area contributed by atoms with Gasteiger partial charge in [0.2, 0.25) is 5.89 Å².